The van der Waals surface area contributed by atoms with Gasteiger partial charge in [0.05, 0.1) is 19.2 Å². The number of rotatable bonds is 8. The summed E-state index contributed by atoms with van der Waals surface area (Å²) in [6, 6.07) is 5.59. The maximum Gasteiger partial charge on any atom is 0.169 e. The second-order valence-corrected chi connectivity index (χ2v) is 8.32. The molecule has 0 saturated heterocycles. The van der Waals surface area contributed by atoms with E-state index in [9.17, 15) is 9.59 Å². The van der Waals surface area contributed by atoms with Crippen molar-refractivity contribution in [1.82, 2.24) is 4.57 Å². The van der Waals surface area contributed by atoms with Gasteiger partial charge in [0, 0.05) is 35.0 Å². The molecule has 0 aliphatic carbocycles. The summed E-state index contributed by atoms with van der Waals surface area (Å²) >= 11 is 0. The van der Waals surface area contributed by atoms with Gasteiger partial charge in [0.25, 0.3) is 0 Å². The van der Waals surface area contributed by atoms with Gasteiger partial charge in [-0.1, -0.05) is 51.2 Å². The van der Waals surface area contributed by atoms with Crippen molar-refractivity contribution >= 4 is 22.5 Å². The number of hydrogen-bond acceptors (Lipinski definition) is 3. The minimum atomic E-state index is -0.456. The number of ether oxygens (including phenoxy) is 1. The molecule has 4 heteroatoms. The van der Waals surface area contributed by atoms with Crippen LogP contribution in [-0.4, -0.2) is 23.2 Å². The third-order valence-corrected chi connectivity index (χ3v) is 4.93. The van der Waals surface area contributed by atoms with E-state index in [4.69, 9.17) is 4.74 Å². The number of aromatic nitrogens is 1. The Hall–Kier alpha value is -2.88. The van der Waals surface area contributed by atoms with E-state index in [1.807, 2.05) is 75.6 Å². The van der Waals surface area contributed by atoms with Crippen molar-refractivity contribution < 1.29 is 14.3 Å². The first kappa shape index (κ1) is 22.4. The first-order valence-corrected chi connectivity index (χ1v) is 9.79. The number of ketones is 2. The molecule has 0 aliphatic heterocycles. The quantitative estimate of drug-likeness (QED) is 0.413. The molecule has 0 N–H and O–H groups in total. The Morgan fingerprint density at radius 3 is 2.48 bits per heavy atom. The predicted octanol–water partition coefficient (Wildman–Crippen LogP) is 5.92. The lowest BCUT2D eigenvalue weighted by atomic mass is 9.91. The molecule has 0 atom stereocenters. The molecular formula is C25H31NO3. The lowest BCUT2D eigenvalue weighted by Crippen LogP contribution is -2.24. The van der Waals surface area contributed by atoms with Crippen LogP contribution < -0.4 is 4.74 Å². The van der Waals surface area contributed by atoms with Crippen LogP contribution in [0.15, 0.2) is 60.3 Å². The van der Waals surface area contributed by atoms with Crippen molar-refractivity contribution in [2.75, 3.05) is 7.11 Å². The molecule has 4 nitrogen and oxygen atoms in total. The molecule has 1 heterocycles. The number of benzene rings is 1. The predicted molar refractivity (Wildman–Crippen MR) is 120 cm³/mol. The SMILES string of the molecule is C=C(C)/C(=C\C=C/C)CC(=O)c1cn(CC(=O)C(C)(C)C)c2cc(OC)ccc12. The number of fused-ring (bicyclic) bond motifs is 1. The van der Waals surface area contributed by atoms with Crippen molar-refractivity contribution in [2.45, 2.75) is 47.6 Å². The van der Waals surface area contributed by atoms with Crippen molar-refractivity contribution in [3.63, 3.8) is 0 Å². The molecule has 0 amide bonds. The first-order chi connectivity index (χ1) is 13.6. The van der Waals surface area contributed by atoms with Crippen LogP contribution in [0.4, 0.5) is 0 Å². The molecule has 2 aromatic rings. The van der Waals surface area contributed by atoms with Gasteiger partial charge in [-0.25, -0.2) is 0 Å². The van der Waals surface area contributed by atoms with Gasteiger partial charge in [0.15, 0.2) is 11.6 Å². The highest BCUT2D eigenvalue weighted by atomic mass is 16.5. The summed E-state index contributed by atoms with van der Waals surface area (Å²) < 4.78 is 7.20. The monoisotopic (exact) mass is 393 g/mol. The number of carbonyl (C=O) groups excluding carboxylic acids is 2. The number of methoxy groups -OCH3 is 1. The van der Waals surface area contributed by atoms with Gasteiger partial charge in [-0.3, -0.25) is 9.59 Å². The van der Waals surface area contributed by atoms with E-state index in [0.717, 1.165) is 22.0 Å². The minimum absolute atomic E-state index is 0.000813. The Bertz CT molecular complexity index is 997. The largest absolute Gasteiger partial charge is 0.497 e. The summed E-state index contributed by atoms with van der Waals surface area (Å²) in [4.78, 5) is 25.8. The van der Waals surface area contributed by atoms with E-state index in [2.05, 4.69) is 6.58 Å². The molecule has 0 bridgehead atoms. The molecule has 0 aliphatic rings. The Labute approximate surface area is 173 Å². The van der Waals surface area contributed by atoms with Gasteiger partial charge in [0.1, 0.15) is 5.75 Å². The zero-order valence-corrected chi connectivity index (χ0v) is 18.3. The maximum atomic E-state index is 13.2. The van der Waals surface area contributed by atoms with E-state index in [0.29, 0.717) is 11.3 Å². The molecular weight excluding hydrogens is 362 g/mol. The molecule has 2 rings (SSSR count). The van der Waals surface area contributed by atoms with E-state index in [-0.39, 0.29) is 24.5 Å². The van der Waals surface area contributed by atoms with Crippen LogP contribution in [0, 0.1) is 5.41 Å². The van der Waals surface area contributed by atoms with Crippen molar-refractivity contribution in [2.24, 2.45) is 5.41 Å². The molecule has 1 aromatic carbocycles. The minimum Gasteiger partial charge on any atom is -0.497 e. The van der Waals surface area contributed by atoms with Crippen LogP contribution in [0.2, 0.25) is 0 Å². The van der Waals surface area contributed by atoms with Gasteiger partial charge < -0.3 is 9.30 Å². The number of carbonyl (C=O) groups is 2. The van der Waals surface area contributed by atoms with Gasteiger partial charge >= 0.3 is 0 Å². The van der Waals surface area contributed by atoms with Crippen LogP contribution in [0.25, 0.3) is 10.9 Å². The summed E-state index contributed by atoms with van der Waals surface area (Å²) in [6.45, 7) is 13.7. The second-order valence-electron chi connectivity index (χ2n) is 8.32. The van der Waals surface area contributed by atoms with Gasteiger partial charge in [0.2, 0.25) is 0 Å². The first-order valence-electron chi connectivity index (χ1n) is 9.79. The molecule has 0 radical (unpaired) electrons. The summed E-state index contributed by atoms with van der Waals surface area (Å²) in [5.74, 6) is 0.794. The highest BCUT2D eigenvalue weighted by Gasteiger charge is 2.24. The number of nitrogens with zero attached hydrogens (tertiary/aromatic N) is 1. The summed E-state index contributed by atoms with van der Waals surface area (Å²) in [5.41, 5.74) is 2.73. The number of Topliss-reactive ketones (excluding diaryl/α,β-unsaturated/α-hetero) is 2. The fourth-order valence-corrected chi connectivity index (χ4v) is 2.98. The summed E-state index contributed by atoms with van der Waals surface area (Å²) in [6.07, 6.45) is 7.81. The van der Waals surface area contributed by atoms with Crippen LogP contribution in [0.3, 0.4) is 0 Å². The molecule has 0 fully saturated rings. The van der Waals surface area contributed by atoms with Crippen LogP contribution in [0.5, 0.6) is 5.75 Å². The molecule has 1 aromatic heterocycles. The standard InChI is InChI=1S/C25H31NO3/c1-8-9-10-18(17(2)3)13-23(27)21-15-26(16-24(28)25(4,5)6)22-14-19(29-7)11-12-20(21)22/h8-12,14-15H,2,13,16H2,1,3-7H3/b9-8-,18-10-. The molecule has 29 heavy (non-hydrogen) atoms. The zero-order chi connectivity index (χ0) is 21.8. The molecule has 0 saturated carbocycles. The summed E-state index contributed by atoms with van der Waals surface area (Å²) in [5, 5.41) is 0.824. The zero-order valence-electron chi connectivity index (χ0n) is 18.3. The van der Waals surface area contributed by atoms with E-state index in [1.165, 1.54) is 0 Å². The van der Waals surface area contributed by atoms with Crippen molar-refractivity contribution in [1.29, 1.82) is 0 Å². The van der Waals surface area contributed by atoms with Crippen LogP contribution in [-0.2, 0) is 11.3 Å². The Morgan fingerprint density at radius 2 is 1.93 bits per heavy atom. The topological polar surface area (TPSA) is 48.3 Å². The van der Waals surface area contributed by atoms with E-state index < -0.39 is 5.41 Å². The Morgan fingerprint density at radius 1 is 1.24 bits per heavy atom. The normalized spacial score (nSPS) is 12.6. The Balaban J connectivity index is 2.52. The number of allylic oxidation sites excluding steroid dienone is 5. The smallest absolute Gasteiger partial charge is 0.169 e. The van der Waals surface area contributed by atoms with Crippen LogP contribution >= 0.6 is 0 Å². The number of hydrogen-bond donors (Lipinski definition) is 0. The van der Waals surface area contributed by atoms with Gasteiger partial charge in [-0.15, -0.1) is 0 Å². The van der Waals surface area contributed by atoms with Crippen LogP contribution in [0.1, 0.15) is 51.4 Å². The van der Waals surface area contributed by atoms with Crippen molar-refractivity contribution in [3.05, 3.63) is 65.9 Å². The highest BCUT2D eigenvalue weighted by Crippen LogP contribution is 2.29. The van der Waals surface area contributed by atoms with Gasteiger partial charge in [-0.05, 0) is 31.6 Å². The van der Waals surface area contributed by atoms with Crippen molar-refractivity contribution in [3.8, 4) is 5.75 Å². The maximum absolute atomic E-state index is 13.2. The average molecular weight is 394 g/mol. The van der Waals surface area contributed by atoms with E-state index in [1.54, 1.807) is 13.3 Å². The fourth-order valence-electron chi connectivity index (χ4n) is 2.98. The lowest BCUT2D eigenvalue weighted by Gasteiger charge is -2.17. The fraction of sp³-hybridized carbons (Fsp3) is 0.360. The molecule has 154 valence electrons. The third-order valence-electron chi connectivity index (χ3n) is 4.93. The van der Waals surface area contributed by atoms with Gasteiger partial charge in [-0.2, -0.15) is 0 Å². The lowest BCUT2D eigenvalue weighted by molar-refractivity contribution is -0.126. The molecule has 0 unspecified atom stereocenters. The second kappa shape index (κ2) is 9.08. The highest BCUT2D eigenvalue weighted by molar-refractivity contribution is 6.09. The Kier molecular flexibility index (Phi) is 7.02. The summed E-state index contributed by atoms with van der Waals surface area (Å²) in [7, 11) is 1.60. The average Bonchev–Trinajstić information content (AvgIpc) is 3.01. The van der Waals surface area contributed by atoms with E-state index >= 15 is 0 Å². The molecule has 0 spiro atoms. The third kappa shape index (κ3) is 5.35.